The molecule has 4 heteroatoms. The van der Waals surface area contributed by atoms with Gasteiger partial charge in [-0.2, -0.15) is 0 Å². The molecule has 0 radical (unpaired) electrons. The molecule has 0 spiro atoms. The first kappa shape index (κ1) is 21.6. The molecule has 0 fully saturated rings. The zero-order chi connectivity index (χ0) is 22.2. The summed E-state index contributed by atoms with van der Waals surface area (Å²) < 4.78 is 5.64. The minimum absolute atomic E-state index is 0.0695. The first-order valence-corrected chi connectivity index (χ1v) is 11.0. The van der Waals surface area contributed by atoms with Crippen molar-refractivity contribution in [3.05, 3.63) is 114 Å². The van der Waals surface area contributed by atoms with E-state index in [0.29, 0.717) is 25.8 Å². The highest BCUT2D eigenvalue weighted by molar-refractivity contribution is 5.89. The van der Waals surface area contributed by atoms with E-state index in [4.69, 9.17) is 4.74 Å². The van der Waals surface area contributed by atoms with Gasteiger partial charge in [-0.1, -0.05) is 91.0 Å². The van der Waals surface area contributed by atoms with Crippen LogP contribution in [0.25, 0.3) is 5.70 Å². The first-order chi connectivity index (χ1) is 15.7. The van der Waals surface area contributed by atoms with Crippen LogP contribution in [0.3, 0.4) is 0 Å². The SMILES string of the molecule is O=C(OCc1ccccc1)C1/C=C(/c2ccccc2)N(Cc2ccccc2)C(=O)CCC1. The molecule has 1 aliphatic rings. The maximum absolute atomic E-state index is 13.1. The number of carbonyl (C=O) groups is 2. The summed E-state index contributed by atoms with van der Waals surface area (Å²) in [4.78, 5) is 27.9. The molecule has 0 saturated carbocycles. The second kappa shape index (κ2) is 10.6. The molecule has 32 heavy (non-hydrogen) atoms. The molecule has 0 N–H and O–H groups in total. The lowest BCUT2D eigenvalue weighted by Gasteiger charge is -2.29. The number of esters is 1. The van der Waals surface area contributed by atoms with E-state index in [1.165, 1.54) is 0 Å². The average Bonchev–Trinajstić information content (AvgIpc) is 2.84. The van der Waals surface area contributed by atoms with Gasteiger partial charge >= 0.3 is 5.97 Å². The van der Waals surface area contributed by atoms with Gasteiger partial charge in [0.1, 0.15) is 6.61 Å². The summed E-state index contributed by atoms with van der Waals surface area (Å²) in [6, 6.07) is 29.4. The van der Waals surface area contributed by atoms with Crippen molar-refractivity contribution in [3.8, 4) is 0 Å². The third-order valence-electron chi connectivity index (χ3n) is 5.64. The number of ether oxygens (including phenoxy) is 1. The molecular weight excluding hydrogens is 398 g/mol. The van der Waals surface area contributed by atoms with Crippen LogP contribution in [0, 0.1) is 5.92 Å². The second-order valence-corrected chi connectivity index (χ2v) is 7.98. The lowest BCUT2D eigenvalue weighted by atomic mass is 9.95. The first-order valence-electron chi connectivity index (χ1n) is 11.0. The van der Waals surface area contributed by atoms with E-state index in [0.717, 1.165) is 22.4 Å². The summed E-state index contributed by atoms with van der Waals surface area (Å²) in [6.45, 7) is 0.712. The maximum atomic E-state index is 13.1. The highest BCUT2D eigenvalue weighted by Gasteiger charge is 2.27. The van der Waals surface area contributed by atoms with Crippen LogP contribution in [0.4, 0.5) is 0 Å². The number of benzene rings is 3. The largest absolute Gasteiger partial charge is 0.460 e. The minimum Gasteiger partial charge on any atom is -0.460 e. The standard InChI is InChI=1S/C28H27NO3/c30-27-18-10-17-25(28(31)32-21-23-13-6-2-7-14-23)19-26(24-15-8-3-9-16-24)29(27)20-22-11-4-1-5-12-22/h1-9,11-16,19,25H,10,17-18,20-21H2/b26-19-. The summed E-state index contributed by atoms with van der Waals surface area (Å²) in [5.74, 6) is -0.586. The summed E-state index contributed by atoms with van der Waals surface area (Å²) >= 11 is 0. The van der Waals surface area contributed by atoms with Crippen molar-refractivity contribution in [2.24, 2.45) is 5.92 Å². The van der Waals surface area contributed by atoms with Crippen molar-refractivity contribution < 1.29 is 14.3 Å². The summed E-state index contributed by atoms with van der Waals surface area (Å²) in [5, 5.41) is 0. The Kier molecular flexibility index (Phi) is 7.13. The van der Waals surface area contributed by atoms with Gasteiger partial charge in [0, 0.05) is 12.1 Å². The van der Waals surface area contributed by atoms with Crippen LogP contribution in [0.1, 0.15) is 36.0 Å². The van der Waals surface area contributed by atoms with Crippen molar-refractivity contribution in [3.63, 3.8) is 0 Å². The Balaban J connectivity index is 1.63. The van der Waals surface area contributed by atoms with Gasteiger partial charge < -0.3 is 9.64 Å². The van der Waals surface area contributed by atoms with Crippen LogP contribution < -0.4 is 0 Å². The third kappa shape index (κ3) is 5.52. The number of hydrogen-bond donors (Lipinski definition) is 0. The quantitative estimate of drug-likeness (QED) is 0.483. The summed E-state index contributed by atoms with van der Waals surface area (Å²) in [6.07, 6.45) is 3.56. The Morgan fingerprint density at radius 1 is 0.844 bits per heavy atom. The van der Waals surface area contributed by atoms with Crippen LogP contribution in [0.15, 0.2) is 97.1 Å². The molecule has 1 heterocycles. The molecule has 4 rings (SSSR count). The van der Waals surface area contributed by atoms with Crippen molar-refractivity contribution in [1.29, 1.82) is 0 Å². The number of hydrogen-bond acceptors (Lipinski definition) is 3. The van der Waals surface area contributed by atoms with Gasteiger partial charge in [-0.15, -0.1) is 0 Å². The molecule has 1 aliphatic heterocycles. The Labute approximate surface area is 189 Å². The summed E-state index contributed by atoms with van der Waals surface area (Å²) in [7, 11) is 0. The van der Waals surface area contributed by atoms with Crippen LogP contribution in [-0.4, -0.2) is 16.8 Å². The predicted octanol–water partition coefficient (Wildman–Crippen LogP) is 5.60. The third-order valence-corrected chi connectivity index (χ3v) is 5.64. The second-order valence-electron chi connectivity index (χ2n) is 7.98. The van der Waals surface area contributed by atoms with Gasteiger partial charge in [-0.3, -0.25) is 9.59 Å². The van der Waals surface area contributed by atoms with Crippen LogP contribution in [0.5, 0.6) is 0 Å². The van der Waals surface area contributed by atoms with Gasteiger partial charge in [0.15, 0.2) is 0 Å². The Bertz CT molecular complexity index is 1060. The Hall–Kier alpha value is -3.66. The van der Waals surface area contributed by atoms with Crippen molar-refractivity contribution in [1.82, 2.24) is 4.90 Å². The monoisotopic (exact) mass is 425 g/mol. The predicted molar refractivity (Wildman–Crippen MR) is 125 cm³/mol. The number of rotatable bonds is 6. The lowest BCUT2D eigenvalue weighted by molar-refractivity contribution is -0.148. The van der Waals surface area contributed by atoms with E-state index in [1.54, 1.807) is 4.90 Å². The van der Waals surface area contributed by atoms with Gasteiger partial charge in [-0.05, 0) is 35.6 Å². The topological polar surface area (TPSA) is 46.6 Å². The van der Waals surface area contributed by atoms with Crippen LogP contribution >= 0.6 is 0 Å². The molecule has 0 aliphatic carbocycles. The summed E-state index contributed by atoms with van der Waals surface area (Å²) in [5.41, 5.74) is 3.69. The average molecular weight is 426 g/mol. The van der Waals surface area contributed by atoms with E-state index in [1.807, 2.05) is 97.1 Å². The van der Waals surface area contributed by atoms with Crippen molar-refractivity contribution in [2.45, 2.75) is 32.4 Å². The molecule has 162 valence electrons. The van der Waals surface area contributed by atoms with E-state index in [9.17, 15) is 9.59 Å². The normalized spacial score (nSPS) is 18.2. The fraction of sp³-hybridized carbons (Fsp3) is 0.214. The molecule has 1 atom stereocenters. The van der Waals surface area contributed by atoms with Gasteiger partial charge in [-0.25, -0.2) is 0 Å². The van der Waals surface area contributed by atoms with E-state index in [-0.39, 0.29) is 18.5 Å². The van der Waals surface area contributed by atoms with Crippen molar-refractivity contribution in [2.75, 3.05) is 0 Å². The highest BCUT2D eigenvalue weighted by atomic mass is 16.5. The fourth-order valence-corrected chi connectivity index (χ4v) is 3.93. The molecule has 4 nitrogen and oxygen atoms in total. The molecule has 0 bridgehead atoms. The molecule has 0 aromatic heterocycles. The molecular formula is C28H27NO3. The van der Waals surface area contributed by atoms with Gasteiger partial charge in [0.25, 0.3) is 0 Å². The molecule has 3 aromatic carbocycles. The zero-order valence-electron chi connectivity index (χ0n) is 18.0. The fourth-order valence-electron chi connectivity index (χ4n) is 3.93. The van der Waals surface area contributed by atoms with E-state index < -0.39 is 5.92 Å². The van der Waals surface area contributed by atoms with E-state index in [2.05, 4.69) is 0 Å². The van der Waals surface area contributed by atoms with Gasteiger partial charge in [0.05, 0.1) is 12.5 Å². The molecule has 1 unspecified atom stereocenters. The zero-order valence-corrected chi connectivity index (χ0v) is 18.0. The maximum Gasteiger partial charge on any atom is 0.313 e. The van der Waals surface area contributed by atoms with Gasteiger partial charge in [0.2, 0.25) is 5.91 Å². The lowest BCUT2D eigenvalue weighted by Crippen LogP contribution is -2.32. The van der Waals surface area contributed by atoms with Crippen LogP contribution in [-0.2, 0) is 27.5 Å². The molecule has 3 aromatic rings. The smallest absolute Gasteiger partial charge is 0.313 e. The number of carbonyl (C=O) groups excluding carboxylic acids is 2. The Morgan fingerprint density at radius 3 is 2.09 bits per heavy atom. The number of nitrogens with zero attached hydrogens (tertiary/aromatic N) is 1. The highest BCUT2D eigenvalue weighted by Crippen LogP contribution is 2.29. The van der Waals surface area contributed by atoms with Crippen LogP contribution in [0.2, 0.25) is 0 Å². The molecule has 0 saturated heterocycles. The molecule has 1 amide bonds. The van der Waals surface area contributed by atoms with E-state index >= 15 is 0 Å². The van der Waals surface area contributed by atoms with Crippen molar-refractivity contribution >= 4 is 17.6 Å². The minimum atomic E-state index is -0.403. The Morgan fingerprint density at radius 2 is 1.44 bits per heavy atom. The number of amides is 1.